The van der Waals surface area contributed by atoms with E-state index < -0.39 is 0 Å². The van der Waals surface area contributed by atoms with E-state index in [-0.39, 0.29) is 12.2 Å². The molecule has 114 valence electrons. The van der Waals surface area contributed by atoms with E-state index in [9.17, 15) is 0 Å². The van der Waals surface area contributed by atoms with Gasteiger partial charge in [0.15, 0.2) is 15.8 Å². The van der Waals surface area contributed by atoms with Crippen LogP contribution in [0.1, 0.15) is 6.92 Å². The Hall–Kier alpha value is -0.960. The van der Waals surface area contributed by atoms with E-state index >= 15 is 0 Å². The molecule has 2 aromatic heterocycles. The number of thioether (sulfide) groups is 1. The summed E-state index contributed by atoms with van der Waals surface area (Å²) in [5.41, 5.74) is 0.775. The maximum absolute atomic E-state index is 5.89. The first-order valence-electron chi connectivity index (χ1n) is 6.76. The van der Waals surface area contributed by atoms with Gasteiger partial charge in [0.05, 0.1) is 18.8 Å². The van der Waals surface area contributed by atoms with Crippen molar-refractivity contribution < 1.29 is 9.47 Å². The highest BCUT2D eigenvalue weighted by Gasteiger charge is 2.28. The third kappa shape index (κ3) is 3.13. The lowest BCUT2D eigenvalue weighted by Gasteiger charge is -2.37. The van der Waals surface area contributed by atoms with Crippen LogP contribution in [-0.4, -0.2) is 60.2 Å². The van der Waals surface area contributed by atoms with E-state index in [0.29, 0.717) is 6.61 Å². The average Bonchev–Trinajstić information content (AvgIpc) is 2.90. The highest BCUT2D eigenvalue weighted by atomic mass is 32.2. The lowest BCUT2D eigenvalue weighted by atomic mass is 10.2. The second kappa shape index (κ2) is 6.43. The Kier molecular flexibility index (Phi) is 4.58. The quantitative estimate of drug-likeness (QED) is 0.797. The van der Waals surface area contributed by atoms with Gasteiger partial charge in [-0.1, -0.05) is 11.8 Å². The topological polar surface area (TPSA) is 60.4 Å². The van der Waals surface area contributed by atoms with Gasteiger partial charge in [-0.25, -0.2) is 15.0 Å². The number of rotatable bonds is 4. The molecule has 2 atom stereocenters. The first-order chi connectivity index (χ1) is 10.2. The second-order valence-electron chi connectivity index (χ2n) is 4.96. The van der Waals surface area contributed by atoms with Gasteiger partial charge in [-0.05, 0) is 13.2 Å². The Morgan fingerprint density at radius 2 is 2.33 bits per heavy atom. The number of methoxy groups -OCH3 is 1. The highest BCUT2D eigenvalue weighted by Crippen LogP contribution is 2.33. The van der Waals surface area contributed by atoms with Crippen molar-refractivity contribution in [2.45, 2.75) is 23.5 Å². The van der Waals surface area contributed by atoms with Crippen molar-refractivity contribution in [3.63, 3.8) is 0 Å². The summed E-state index contributed by atoms with van der Waals surface area (Å²) in [5.74, 6) is 0.953. The lowest BCUT2D eigenvalue weighted by molar-refractivity contribution is -0.0512. The van der Waals surface area contributed by atoms with Gasteiger partial charge < -0.3 is 14.4 Å². The first kappa shape index (κ1) is 15.0. The van der Waals surface area contributed by atoms with Crippen LogP contribution in [0, 0.1) is 0 Å². The average molecular weight is 326 g/mol. The molecule has 0 amide bonds. The summed E-state index contributed by atoms with van der Waals surface area (Å²) in [6, 6.07) is 0. The number of hydrogen-bond acceptors (Lipinski definition) is 8. The van der Waals surface area contributed by atoms with Crippen molar-refractivity contribution in [3.05, 3.63) is 6.33 Å². The van der Waals surface area contributed by atoms with Crippen molar-refractivity contribution in [2.24, 2.45) is 0 Å². The number of hydrogen-bond donors (Lipinski definition) is 0. The lowest BCUT2D eigenvalue weighted by Crippen LogP contribution is -2.48. The maximum atomic E-state index is 5.89. The fraction of sp³-hybridized carbons (Fsp3) is 0.615. The fourth-order valence-electron chi connectivity index (χ4n) is 2.53. The molecule has 8 heteroatoms. The van der Waals surface area contributed by atoms with Crippen LogP contribution < -0.4 is 4.90 Å². The van der Waals surface area contributed by atoms with Gasteiger partial charge in [0.25, 0.3) is 0 Å². The van der Waals surface area contributed by atoms with Crippen LogP contribution in [0.15, 0.2) is 10.7 Å². The minimum absolute atomic E-state index is 0.0664. The van der Waals surface area contributed by atoms with Crippen LogP contribution in [0.25, 0.3) is 10.3 Å². The van der Waals surface area contributed by atoms with Crippen LogP contribution >= 0.6 is 23.1 Å². The molecule has 1 fully saturated rings. The number of morpholine rings is 1. The monoisotopic (exact) mass is 326 g/mol. The Morgan fingerprint density at radius 3 is 3.10 bits per heavy atom. The molecule has 0 N–H and O–H groups in total. The van der Waals surface area contributed by atoms with Crippen molar-refractivity contribution >= 4 is 39.3 Å². The number of nitrogens with zero attached hydrogens (tertiary/aromatic N) is 4. The summed E-state index contributed by atoms with van der Waals surface area (Å²) in [5, 5.41) is 0. The molecule has 0 saturated carbocycles. The van der Waals surface area contributed by atoms with Gasteiger partial charge in [-0.15, -0.1) is 11.3 Å². The van der Waals surface area contributed by atoms with Crippen LogP contribution in [0.4, 0.5) is 5.82 Å². The zero-order chi connectivity index (χ0) is 14.8. The number of ether oxygens (including phenoxy) is 2. The Morgan fingerprint density at radius 1 is 1.48 bits per heavy atom. The van der Waals surface area contributed by atoms with Crippen LogP contribution in [-0.2, 0) is 9.47 Å². The number of fused-ring (bicyclic) bond motifs is 1. The molecule has 0 bridgehead atoms. The number of thiazole rings is 1. The normalized spacial score (nSPS) is 22.9. The molecule has 2 unspecified atom stereocenters. The fourth-order valence-corrected chi connectivity index (χ4v) is 4.06. The van der Waals surface area contributed by atoms with Gasteiger partial charge in [0.1, 0.15) is 11.0 Å². The summed E-state index contributed by atoms with van der Waals surface area (Å²) in [4.78, 5) is 15.5. The molecule has 0 aliphatic carbocycles. The summed E-state index contributed by atoms with van der Waals surface area (Å²) >= 11 is 3.28. The number of anilines is 1. The van der Waals surface area contributed by atoms with E-state index in [1.165, 1.54) is 0 Å². The standard InChI is InChI=1S/C13H18N4O2S2/c1-8-4-17(5-9(19-8)6-18-2)12-10-11(14-7-15-12)16-13(20-3)21-10/h7-9H,4-6H2,1-3H3. The minimum Gasteiger partial charge on any atom is -0.382 e. The zero-order valence-electron chi connectivity index (χ0n) is 12.3. The molecule has 3 heterocycles. The molecular weight excluding hydrogens is 308 g/mol. The van der Waals surface area contributed by atoms with E-state index in [4.69, 9.17) is 9.47 Å². The Labute approximate surface area is 131 Å². The summed E-state index contributed by atoms with van der Waals surface area (Å²) in [6.07, 6.45) is 3.83. The SMILES string of the molecule is COCC1CN(c2ncnc3nc(SC)sc23)CC(C)O1. The molecule has 2 aromatic rings. The van der Waals surface area contributed by atoms with Crippen LogP contribution in [0.5, 0.6) is 0 Å². The largest absolute Gasteiger partial charge is 0.382 e. The van der Waals surface area contributed by atoms with Crippen molar-refractivity contribution in [3.8, 4) is 0 Å². The Bertz CT molecular complexity index is 621. The minimum atomic E-state index is 0.0664. The molecule has 0 spiro atoms. The van der Waals surface area contributed by atoms with Crippen molar-refractivity contribution in [1.29, 1.82) is 0 Å². The third-order valence-corrected chi connectivity index (χ3v) is 5.33. The molecule has 1 aliphatic rings. The predicted octanol–water partition coefficient (Wildman–Crippen LogP) is 2.05. The first-order valence-corrected chi connectivity index (χ1v) is 8.80. The molecule has 0 aromatic carbocycles. The summed E-state index contributed by atoms with van der Waals surface area (Å²) in [6.45, 7) is 4.26. The zero-order valence-corrected chi connectivity index (χ0v) is 13.9. The van der Waals surface area contributed by atoms with E-state index in [0.717, 1.165) is 33.6 Å². The van der Waals surface area contributed by atoms with Gasteiger partial charge >= 0.3 is 0 Å². The molecular formula is C13H18N4O2S2. The number of aromatic nitrogens is 3. The van der Waals surface area contributed by atoms with Gasteiger partial charge in [0, 0.05) is 20.2 Å². The van der Waals surface area contributed by atoms with E-state index in [2.05, 4.69) is 26.8 Å². The molecule has 21 heavy (non-hydrogen) atoms. The van der Waals surface area contributed by atoms with Gasteiger partial charge in [-0.3, -0.25) is 0 Å². The Balaban J connectivity index is 1.93. The van der Waals surface area contributed by atoms with Gasteiger partial charge in [0.2, 0.25) is 0 Å². The molecule has 3 rings (SSSR count). The molecule has 1 saturated heterocycles. The summed E-state index contributed by atoms with van der Waals surface area (Å²) in [7, 11) is 1.70. The second-order valence-corrected chi connectivity index (χ2v) is 7.02. The maximum Gasteiger partial charge on any atom is 0.176 e. The summed E-state index contributed by atoms with van der Waals surface area (Å²) < 4.78 is 13.2. The van der Waals surface area contributed by atoms with Crippen molar-refractivity contribution in [2.75, 3.05) is 38.0 Å². The van der Waals surface area contributed by atoms with Crippen LogP contribution in [0.2, 0.25) is 0 Å². The predicted molar refractivity (Wildman–Crippen MR) is 85.4 cm³/mol. The van der Waals surface area contributed by atoms with Crippen LogP contribution in [0.3, 0.4) is 0 Å². The van der Waals surface area contributed by atoms with E-state index in [1.807, 2.05) is 6.26 Å². The van der Waals surface area contributed by atoms with Crippen molar-refractivity contribution in [1.82, 2.24) is 15.0 Å². The highest BCUT2D eigenvalue weighted by molar-refractivity contribution is 8.00. The van der Waals surface area contributed by atoms with Gasteiger partial charge in [-0.2, -0.15) is 0 Å². The molecule has 0 radical (unpaired) electrons. The molecule has 6 nitrogen and oxygen atoms in total. The third-order valence-electron chi connectivity index (χ3n) is 3.31. The van der Waals surface area contributed by atoms with E-state index in [1.54, 1.807) is 36.5 Å². The smallest absolute Gasteiger partial charge is 0.176 e. The molecule has 1 aliphatic heterocycles.